The summed E-state index contributed by atoms with van der Waals surface area (Å²) < 4.78 is 0. The van der Waals surface area contributed by atoms with Crippen molar-refractivity contribution in [3.8, 4) is 0 Å². The van der Waals surface area contributed by atoms with Crippen LogP contribution in [0.25, 0.3) is 0 Å². The average Bonchev–Trinajstić information content (AvgIpc) is 2.06. The number of nitrogens with zero attached hydrogens (tertiary/aromatic N) is 2. The molecule has 1 aromatic heterocycles. The molecule has 0 aromatic carbocycles. The summed E-state index contributed by atoms with van der Waals surface area (Å²) in [6.07, 6.45) is 0. The number of amides is 2. The molecular formula is C8H10N4O2. The van der Waals surface area contributed by atoms with E-state index in [0.29, 0.717) is 11.6 Å². The van der Waals surface area contributed by atoms with Gasteiger partial charge in [0.1, 0.15) is 0 Å². The lowest BCUT2D eigenvalue weighted by Crippen LogP contribution is -2.11. The molecule has 0 aliphatic rings. The van der Waals surface area contributed by atoms with E-state index in [-0.39, 0.29) is 11.8 Å². The van der Waals surface area contributed by atoms with Crippen LogP contribution in [-0.4, -0.2) is 22.0 Å². The third-order valence-corrected chi connectivity index (χ3v) is 1.27. The Hall–Kier alpha value is -1.98. The fourth-order valence-corrected chi connectivity index (χ4v) is 0.826. The van der Waals surface area contributed by atoms with Gasteiger partial charge in [0.25, 0.3) is 0 Å². The predicted molar refractivity (Wildman–Crippen MR) is 50.6 cm³/mol. The molecule has 0 saturated carbocycles. The van der Waals surface area contributed by atoms with Gasteiger partial charge >= 0.3 is 0 Å². The Kier molecular flexibility index (Phi) is 3.11. The Morgan fingerprint density at radius 1 is 1.00 bits per heavy atom. The Morgan fingerprint density at radius 2 is 1.36 bits per heavy atom. The summed E-state index contributed by atoms with van der Waals surface area (Å²) >= 11 is 0. The van der Waals surface area contributed by atoms with Crippen molar-refractivity contribution in [1.29, 1.82) is 0 Å². The second-order valence-electron chi connectivity index (χ2n) is 2.67. The number of carbonyl (C=O) groups excluding carboxylic acids is 2. The Labute approximate surface area is 80.7 Å². The van der Waals surface area contributed by atoms with Gasteiger partial charge in [-0.1, -0.05) is 0 Å². The number of anilines is 2. The minimum Gasteiger partial charge on any atom is -0.309 e. The Balaban J connectivity index is 2.68. The van der Waals surface area contributed by atoms with Crippen molar-refractivity contribution in [3.63, 3.8) is 0 Å². The summed E-state index contributed by atoms with van der Waals surface area (Å²) in [5.41, 5.74) is 0. The van der Waals surface area contributed by atoms with Gasteiger partial charge in [-0.05, 0) is 12.1 Å². The molecule has 74 valence electrons. The van der Waals surface area contributed by atoms with Crippen molar-refractivity contribution < 1.29 is 9.59 Å². The minimum atomic E-state index is -0.216. The zero-order valence-electron chi connectivity index (χ0n) is 7.87. The number of carbonyl (C=O) groups is 2. The second kappa shape index (κ2) is 4.31. The highest BCUT2D eigenvalue weighted by atomic mass is 16.2. The molecular weight excluding hydrogens is 184 g/mol. The average molecular weight is 194 g/mol. The van der Waals surface area contributed by atoms with Crippen molar-refractivity contribution in [2.24, 2.45) is 0 Å². The Bertz CT molecular complexity index is 312. The number of rotatable bonds is 2. The first-order valence-electron chi connectivity index (χ1n) is 3.97. The third-order valence-electron chi connectivity index (χ3n) is 1.27. The number of hydrogen-bond acceptors (Lipinski definition) is 4. The third kappa shape index (κ3) is 3.18. The topological polar surface area (TPSA) is 84.0 Å². The van der Waals surface area contributed by atoms with Crippen molar-refractivity contribution in [2.75, 3.05) is 10.6 Å². The first kappa shape index (κ1) is 10.1. The van der Waals surface area contributed by atoms with E-state index in [4.69, 9.17) is 0 Å². The van der Waals surface area contributed by atoms with Gasteiger partial charge in [-0.15, -0.1) is 10.2 Å². The molecule has 1 heterocycles. The molecule has 0 saturated heterocycles. The van der Waals surface area contributed by atoms with E-state index in [1.165, 1.54) is 13.8 Å². The van der Waals surface area contributed by atoms with Crippen molar-refractivity contribution >= 4 is 23.5 Å². The summed E-state index contributed by atoms with van der Waals surface area (Å²) in [7, 11) is 0. The van der Waals surface area contributed by atoms with Crippen LogP contribution < -0.4 is 10.6 Å². The zero-order valence-corrected chi connectivity index (χ0v) is 7.87. The first-order valence-corrected chi connectivity index (χ1v) is 3.97. The van der Waals surface area contributed by atoms with E-state index in [9.17, 15) is 9.59 Å². The quantitative estimate of drug-likeness (QED) is 0.713. The molecule has 14 heavy (non-hydrogen) atoms. The standard InChI is InChI=1S/C8H10N4O2/c1-5(13)9-7-3-4-8(12-11-7)10-6(2)14/h3-4H,1-2H3,(H,9,11,13)(H,10,12,14). The molecule has 1 rings (SSSR count). The number of hydrogen-bond donors (Lipinski definition) is 2. The molecule has 0 radical (unpaired) electrons. The van der Waals surface area contributed by atoms with Gasteiger partial charge in [-0.2, -0.15) is 0 Å². The lowest BCUT2D eigenvalue weighted by molar-refractivity contribution is -0.115. The van der Waals surface area contributed by atoms with Crippen LogP contribution in [0.4, 0.5) is 11.6 Å². The molecule has 2 N–H and O–H groups in total. The molecule has 0 aliphatic carbocycles. The highest BCUT2D eigenvalue weighted by molar-refractivity contribution is 5.89. The van der Waals surface area contributed by atoms with E-state index < -0.39 is 0 Å². The van der Waals surface area contributed by atoms with E-state index in [0.717, 1.165) is 0 Å². The lowest BCUT2D eigenvalue weighted by atomic mass is 10.5. The summed E-state index contributed by atoms with van der Waals surface area (Å²) in [5.74, 6) is 0.274. The van der Waals surface area contributed by atoms with Crippen molar-refractivity contribution in [1.82, 2.24) is 10.2 Å². The maximum absolute atomic E-state index is 10.6. The minimum absolute atomic E-state index is 0.216. The van der Waals surface area contributed by atoms with Gasteiger partial charge in [0.2, 0.25) is 11.8 Å². The van der Waals surface area contributed by atoms with Crippen LogP contribution in [0.5, 0.6) is 0 Å². The molecule has 2 amide bonds. The normalized spacial score (nSPS) is 9.29. The summed E-state index contributed by atoms with van der Waals surface area (Å²) in [6.45, 7) is 2.76. The second-order valence-corrected chi connectivity index (χ2v) is 2.67. The maximum Gasteiger partial charge on any atom is 0.222 e. The lowest BCUT2D eigenvalue weighted by Gasteiger charge is -2.01. The molecule has 1 aromatic rings. The molecule has 6 heteroatoms. The van der Waals surface area contributed by atoms with Crippen LogP contribution in [0.1, 0.15) is 13.8 Å². The van der Waals surface area contributed by atoms with Crippen LogP contribution in [0.15, 0.2) is 12.1 Å². The maximum atomic E-state index is 10.6. The van der Waals surface area contributed by atoms with Crippen LogP contribution in [-0.2, 0) is 9.59 Å². The molecule has 0 bridgehead atoms. The smallest absolute Gasteiger partial charge is 0.222 e. The van der Waals surface area contributed by atoms with Gasteiger partial charge < -0.3 is 10.6 Å². The first-order chi connectivity index (χ1) is 6.58. The van der Waals surface area contributed by atoms with E-state index in [1.807, 2.05) is 0 Å². The van der Waals surface area contributed by atoms with Gasteiger partial charge in [0.15, 0.2) is 11.6 Å². The molecule has 0 aliphatic heterocycles. The zero-order chi connectivity index (χ0) is 10.6. The van der Waals surface area contributed by atoms with Gasteiger partial charge in [0, 0.05) is 13.8 Å². The predicted octanol–water partition coefficient (Wildman–Crippen LogP) is 0.393. The van der Waals surface area contributed by atoms with Crippen molar-refractivity contribution in [3.05, 3.63) is 12.1 Å². The largest absolute Gasteiger partial charge is 0.309 e. The molecule has 0 fully saturated rings. The van der Waals surface area contributed by atoms with Gasteiger partial charge in [0.05, 0.1) is 0 Å². The van der Waals surface area contributed by atoms with Crippen LogP contribution in [0, 0.1) is 0 Å². The monoisotopic (exact) mass is 194 g/mol. The highest BCUT2D eigenvalue weighted by Gasteiger charge is 1.99. The molecule has 0 unspecified atom stereocenters. The van der Waals surface area contributed by atoms with Crippen LogP contribution in [0.3, 0.4) is 0 Å². The summed E-state index contributed by atoms with van der Waals surface area (Å²) in [5, 5.41) is 12.3. The van der Waals surface area contributed by atoms with E-state index in [2.05, 4.69) is 20.8 Å². The van der Waals surface area contributed by atoms with Crippen molar-refractivity contribution in [2.45, 2.75) is 13.8 Å². The van der Waals surface area contributed by atoms with Gasteiger partial charge in [-0.25, -0.2) is 0 Å². The SMILES string of the molecule is CC(=O)Nc1ccc(NC(C)=O)nn1. The van der Waals surface area contributed by atoms with Gasteiger partial charge in [-0.3, -0.25) is 9.59 Å². The fraction of sp³-hybridized carbons (Fsp3) is 0.250. The summed E-state index contributed by atoms with van der Waals surface area (Å²) in [6, 6.07) is 3.11. The summed E-state index contributed by atoms with van der Waals surface area (Å²) in [4.78, 5) is 21.3. The molecule has 0 atom stereocenters. The van der Waals surface area contributed by atoms with E-state index in [1.54, 1.807) is 12.1 Å². The van der Waals surface area contributed by atoms with E-state index >= 15 is 0 Å². The molecule has 0 spiro atoms. The molecule has 6 nitrogen and oxygen atoms in total. The fourth-order valence-electron chi connectivity index (χ4n) is 0.826. The number of nitrogens with one attached hydrogen (secondary N) is 2. The van der Waals surface area contributed by atoms with Crippen LogP contribution in [0.2, 0.25) is 0 Å². The van der Waals surface area contributed by atoms with Crippen LogP contribution >= 0.6 is 0 Å². The Morgan fingerprint density at radius 3 is 1.57 bits per heavy atom. The highest BCUT2D eigenvalue weighted by Crippen LogP contribution is 2.05. The number of aromatic nitrogens is 2.